The van der Waals surface area contributed by atoms with Crippen LogP contribution in [0.3, 0.4) is 0 Å². The van der Waals surface area contributed by atoms with E-state index in [1.807, 2.05) is 40.9 Å². The number of fused-ring (bicyclic) bond motifs is 1. The first-order valence-electron chi connectivity index (χ1n) is 5.98. The smallest absolute Gasteiger partial charge is 0.0954 e. The zero-order chi connectivity index (χ0) is 14.1. The highest BCUT2D eigenvalue weighted by Crippen LogP contribution is 2.31. The molecule has 98 valence electrons. The molecule has 0 aliphatic heterocycles. The van der Waals surface area contributed by atoms with Crippen LogP contribution in [-0.4, -0.2) is 9.38 Å². The van der Waals surface area contributed by atoms with Gasteiger partial charge in [0.2, 0.25) is 0 Å². The van der Waals surface area contributed by atoms with Crippen molar-refractivity contribution in [1.82, 2.24) is 9.38 Å². The van der Waals surface area contributed by atoms with Crippen molar-refractivity contribution >= 4 is 33.0 Å². The van der Waals surface area contributed by atoms with E-state index < -0.39 is 0 Å². The molecule has 0 atom stereocenters. The van der Waals surface area contributed by atoms with E-state index in [0.717, 1.165) is 26.9 Å². The maximum Gasteiger partial charge on any atom is 0.0954 e. The Morgan fingerprint density at radius 3 is 2.75 bits per heavy atom. The molecule has 3 nitrogen and oxygen atoms in total. The van der Waals surface area contributed by atoms with Crippen molar-refractivity contribution < 1.29 is 0 Å². The molecular weight excluding hydrogens is 338 g/mol. The highest BCUT2D eigenvalue weighted by molar-refractivity contribution is 9.10. The lowest BCUT2D eigenvalue weighted by molar-refractivity contribution is 1.04. The Morgan fingerprint density at radius 2 is 2.05 bits per heavy atom. The number of aromatic nitrogens is 2. The SMILES string of the molecule is N#CCc1cc(Br)c2c(-c3ccc(Cl)cc3)nccn12. The Kier molecular flexibility index (Phi) is 3.47. The Balaban J connectivity index is 2.27. The Morgan fingerprint density at radius 1 is 1.30 bits per heavy atom. The van der Waals surface area contributed by atoms with Crippen LogP contribution < -0.4 is 0 Å². The monoisotopic (exact) mass is 345 g/mol. The van der Waals surface area contributed by atoms with Gasteiger partial charge in [0.15, 0.2) is 0 Å². The average molecular weight is 347 g/mol. The molecule has 3 aromatic rings. The summed E-state index contributed by atoms with van der Waals surface area (Å²) < 4.78 is 2.92. The van der Waals surface area contributed by atoms with Crippen molar-refractivity contribution in [2.24, 2.45) is 0 Å². The lowest BCUT2D eigenvalue weighted by Crippen LogP contribution is -1.95. The van der Waals surface area contributed by atoms with Crippen LogP contribution >= 0.6 is 27.5 Å². The predicted octanol–water partition coefficient (Wildman–Crippen LogP) is 4.48. The molecular formula is C15H9BrClN3. The third-order valence-electron chi connectivity index (χ3n) is 3.09. The molecule has 0 fully saturated rings. The maximum absolute atomic E-state index is 8.90. The molecule has 0 saturated heterocycles. The highest BCUT2D eigenvalue weighted by atomic mass is 79.9. The van der Waals surface area contributed by atoms with Gasteiger partial charge >= 0.3 is 0 Å². The first-order valence-corrected chi connectivity index (χ1v) is 7.15. The molecule has 0 aliphatic carbocycles. The number of halogens is 2. The summed E-state index contributed by atoms with van der Waals surface area (Å²) in [7, 11) is 0. The van der Waals surface area contributed by atoms with Gasteiger partial charge in [0.25, 0.3) is 0 Å². The zero-order valence-electron chi connectivity index (χ0n) is 10.3. The van der Waals surface area contributed by atoms with E-state index in [1.165, 1.54) is 0 Å². The maximum atomic E-state index is 8.90. The molecule has 5 heteroatoms. The summed E-state index contributed by atoms with van der Waals surface area (Å²) in [5.74, 6) is 0. The normalized spacial score (nSPS) is 10.7. The zero-order valence-corrected chi connectivity index (χ0v) is 12.7. The van der Waals surface area contributed by atoms with Crippen LogP contribution in [0.25, 0.3) is 16.8 Å². The van der Waals surface area contributed by atoms with Gasteiger partial charge in [-0.2, -0.15) is 5.26 Å². The van der Waals surface area contributed by atoms with Gasteiger partial charge in [0.1, 0.15) is 0 Å². The summed E-state index contributed by atoms with van der Waals surface area (Å²) in [6, 6.07) is 11.7. The Hall–Kier alpha value is -1.83. The van der Waals surface area contributed by atoms with Crippen LogP contribution in [0.1, 0.15) is 5.69 Å². The quantitative estimate of drug-likeness (QED) is 0.686. The first-order chi connectivity index (χ1) is 9.70. The van der Waals surface area contributed by atoms with Gasteiger partial charge in [-0.15, -0.1) is 0 Å². The summed E-state index contributed by atoms with van der Waals surface area (Å²) in [5.41, 5.74) is 3.75. The van der Waals surface area contributed by atoms with Gasteiger partial charge < -0.3 is 4.40 Å². The molecule has 2 aromatic heterocycles. The third-order valence-corrected chi connectivity index (χ3v) is 3.95. The minimum absolute atomic E-state index is 0.358. The van der Waals surface area contributed by atoms with Crippen LogP contribution in [0.4, 0.5) is 0 Å². The number of hydrogen-bond acceptors (Lipinski definition) is 2. The Bertz CT molecular complexity index is 815. The molecule has 0 radical (unpaired) electrons. The van der Waals surface area contributed by atoms with Crippen LogP contribution in [0, 0.1) is 11.3 Å². The highest BCUT2D eigenvalue weighted by Gasteiger charge is 2.13. The van der Waals surface area contributed by atoms with E-state index in [1.54, 1.807) is 6.20 Å². The first kappa shape index (κ1) is 13.2. The number of benzene rings is 1. The summed E-state index contributed by atoms with van der Waals surface area (Å²) in [6.07, 6.45) is 3.97. The molecule has 0 bridgehead atoms. The van der Waals surface area contributed by atoms with E-state index in [0.29, 0.717) is 11.4 Å². The van der Waals surface area contributed by atoms with E-state index in [-0.39, 0.29) is 0 Å². The minimum Gasteiger partial charge on any atom is -0.315 e. The number of hydrogen-bond donors (Lipinski definition) is 0. The summed E-state index contributed by atoms with van der Waals surface area (Å²) in [6.45, 7) is 0. The molecule has 0 amide bonds. The fourth-order valence-corrected chi connectivity index (χ4v) is 2.98. The summed E-state index contributed by atoms with van der Waals surface area (Å²) in [5, 5.41) is 9.59. The number of rotatable bonds is 2. The largest absolute Gasteiger partial charge is 0.315 e. The predicted molar refractivity (Wildman–Crippen MR) is 82.7 cm³/mol. The second-order valence-corrected chi connectivity index (χ2v) is 5.61. The molecule has 1 aromatic carbocycles. The number of nitriles is 1. The van der Waals surface area contributed by atoms with Crippen LogP contribution in [0.5, 0.6) is 0 Å². The van der Waals surface area contributed by atoms with Crippen molar-refractivity contribution in [2.45, 2.75) is 6.42 Å². The molecule has 2 heterocycles. The molecule has 3 rings (SSSR count). The molecule has 0 unspecified atom stereocenters. The summed E-state index contributed by atoms with van der Waals surface area (Å²) >= 11 is 9.48. The molecule has 0 N–H and O–H groups in total. The lowest BCUT2D eigenvalue weighted by Gasteiger charge is -2.06. The van der Waals surface area contributed by atoms with Crippen molar-refractivity contribution in [3.63, 3.8) is 0 Å². The van der Waals surface area contributed by atoms with E-state index >= 15 is 0 Å². The second kappa shape index (κ2) is 5.28. The fraction of sp³-hybridized carbons (Fsp3) is 0.0667. The minimum atomic E-state index is 0.358. The van der Waals surface area contributed by atoms with Gasteiger partial charge in [-0.3, -0.25) is 4.98 Å². The van der Waals surface area contributed by atoms with Crippen molar-refractivity contribution in [3.05, 3.63) is 57.9 Å². The summed E-state index contributed by atoms with van der Waals surface area (Å²) in [4.78, 5) is 4.46. The molecule has 0 aliphatic rings. The van der Waals surface area contributed by atoms with Crippen LogP contribution in [-0.2, 0) is 6.42 Å². The van der Waals surface area contributed by atoms with Gasteiger partial charge in [0.05, 0.1) is 23.7 Å². The lowest BCUT2D eigenvalue weighted by atomic mass is 10.1. The topological polar surface area (TPSA) is 41.1 Å². The van der Waals surface area contributed by atoms with E-state index in [4.69, 9.17) is 16.9 Å². The van der Waals surface area contributed by atoms with Crippen molar-refractivity contribution in [2.75, 3.05) is 0 Å². The third kappa shape index (κ3) is 2.20. The molecule has 0 spiro atoms. The molecule has 0 saturated carbocycles. The van der Waals surface area contributed by atoms with Crippen molar-refractivity contribution in [3.8, 4) is 17.3 Å². The number of nitrogens with zero attached hydrogens (tertiary/aromatic N) is 3. The van der Waals surface area contributed by atoms with E-state index in [2.05, 4.69) is 27.0 Å². The van der Waals surface area contributed by atoms with E-state index in [9.17, 15) is 0 Å². The van der Waals surface area contributed by atoms with Gasteiger partial charge in [0, 0.05) is 33.1 Å². The van der Waals surface area contributed by atoms with Gasteiger partial charge in [-0.25, -0.2) is 0 Å². The van der Waals surface area contributed by atoms with Crippen LogP contribution in [0.15, 0.2) is 47.2 Å². The van der Waals surface area contributed by atoms with Gasteiger partial charge in [-0.05, 0) is 34.1 Å². The average Bonchev–Trinajstić information content (AvgIpc) is 2.77. The Labute approximate surface area is 129 Å². The van der Waals surface area contributed by atoms with Crippen molar-refractivity contribution in [1.29, 1.82) is 5.26 Å². The fourth-order valence-electron chi connectivity index (χ4n) is 2.21. The standard InChI is InChI=1S/C15H9BrClN3/c16-13-9-12(5-6-18)20-8-7-19-14(15(13)20)10-1-3-11(17)4-2-10/h1-4,7-9H,5H2. The second-order valence-electron chi connectivity index (χ2n) is 4.32. The molecule has 20 heavy (non-hydrogen) atoms. The van der Waals surface area contributed by atoms with Gasteiger partial charge in [-0.1, -0.05) is 23.7 Å². The van der Waals surface area contributed by atoms with Crippen LogP contribution in [0.2, 0.25) is 5.02 Å².